The first kappa shape index (κ1) is 12.1. The van der Waals surface area contributed by atoms with E-state index in [0.29, 0.717) is 12.8 Å². The molecule has 15 heavy (non-hydrogen) atoms. The normalized spacial score (nSPS) is 19.4. The molecule has 1 aliphatic heterocycles. The largest absolute Gasteiger partial charge is 0.372 e. The highest BCUT2D eigenvalue weighted by Gasteiger charge is 2.14. The monoisotopic (exact) mass is 207 g/mol. The van der Waals surface area contributed by atoms with Crippen LogP contribution in [0.15, 0.2) is 0 Å². The van der Waals surface area contributed by atoms with Crippen molar-refractivity contribution in [2.45, 2.75) is 38.7 Å². The summed E-state index contributed by atoms with van der Waals surface area (Å²) in [5, 5.41) is 0. The summed E-state index contributed by atoms with van der Waals surface area (Å²) in [5.74, 6) is 2.49. The van der Waals surface area contributed by atoms with Crippen molar-refractivity contribution in [2.24, 2.45) is 0 Å². The average molecular weight is 207 g/mol. The van der Waals surface area contributed by atoms with Crippen molar-refractivity contribution in [3.63, 3.8) is 0 Å². The van der Waals surface area contributed by atoms with E-state index in [9.17, 15) is 4.79 Å². The van der Waals surface area contributed by atoms with Gasteiger partial charge < -0.3 is 9.47 Å². The first-order chi connectivity index (χ1) is 7.33. The fraction of sp³-hybridized carbons (Fsp3) is 0.500. The smallest absolute Gasteiger partial charge is 0.319 e. The standard InChI is InChI=1S/C12H15O3/c1-2-3-8-12(13)15-10-5-7-11-6-4-9-14-11/h4,6,9,11H,2-3,7-8H2,1H3/t11-/m1/s1. The molecule has 0 bridgehead atoms. The summed E-state index contributed by atoms with van der Waals surface area (Å²) in [5.41, 5.74) is 0. The van der Waals surface area contributed by atoms with Crippen LogP contribution in [0.25, 0.3) is 0 Å². The van der Waals surface area contributed by atoms with Gasteiger partial charge in [0, 0.05) is 12.8 Å². The quantitative estimate of drug-likeness (QED) is 0.522. The van der Waals surface area contributed by atoms with Crippen molar-refractivity contribution < 1.29 is 14.3 Å². The molecule has 0 aromatic carbocycles. The number of ether oxygens (including phenoxy) is 2. The van der Waals surface area contributed by atoms with Crippen LogP contribution in [0.5, 0.6) is 0 Å². The zero-order valence-corrected chi connectivity index (χ0v) is 8.86. The number of rotatable bonds is 4. The second-order valence-electron chi connectivity index (χ2n) is 3.26. The Morgan fingerprint density at radius 2 is 2.47 bits per heavy atom. The summed E-state index contributed by atoms with van der Waals surface area (Å²) in [6.45, 7) is 3.65. The lowest BCUT2D eigenvalue weighted by atomic mass is 10.2. The van der Waals surface area contributed by atoms with Gasteiger partial charge in [-0.25, -0.2) is 0 Å². The van der Waals surface area contributed by atoms with Gasteiger partial charge in [0.25, 0.3) is 0 Å². The lowest BCUT2D eigenvalue weighted by molar-refractivity contribution is -0.136. The van der Waals surface area contributed by atoms with E-state index in [-0.39, 0.29) is 12.1 Å². The van der Waals surface area contributed by atoms with Crippen LogP contribution >= 0.6 is 0 Å². The summed E-state index contributed by atoms with van der Waals surface area (Å²) < 4.78 is 9.86. The molecule has 1 fully saturated rings. The Balaban J connectivity index is 2.07. The fourth-order valence-electron chi connectivity index (χ4n) is 1.08. The van der Waals surface area contributed by atoms with Gasteiger partial charge >= 0.3 is 5.97 Å². The van der Waals surface area contributed by atoms with Crippen LogP contribution in [0.4, 0.5) is 0 Å². The number of hydrogen-bond acceptors (Lipinski definition) is 3. The van der Waals surface area contributed by atoms with Crippen molar-refractivity contribution in [1.82, 2.24) is 0 Å². The predicted molar refractivity (Wildman–Crippen MR) is 55.8 cm³/mol. The second kappa shape index (κ2) is 7.30. The van der Waals surface area contributed by atoms with E-state index in [1.807, 2.05) is 19.8 Å². The molecule has 0 N–H and O–H groups in total. The minimum atomic E-state index is -0.251. The van der Waals surface area contributed by atoms with E-state index in [1.165, 1.54) is 0 Å². The Hall–Kier alpha value is -1.01. The number of hydrogen-bond donors (Lipinski definition) is 0. The van der Waals surface area contributed by atoms with E-state index in [4.69, 9.17) is 9.47 Å². The first-order valence-electron chi connectivity index (χ1n) is 5.16. The van der Waals surface area contributed by atoms with E-state index >= 15 is 0 Å². The molecule has 1 atom stereocenters. The molecular formula is C12H15O3. The Bertz CT molecular complexity index is 243. The maximum atomic E-state index is 11.0. The fourth-order valence-corrected chi connectivity index (χ4v) is 1.08. The summed E-state index contributed by atoms with van der Waals surface area (Å²) in [7, 11) is 0. The van der Waals surface area contributed by atoms with Gasteiger partial charge in [0.2, 0.25) is 0 Å². The average Bonchev–Trinajstić information content (AvgIpc) is 2.74. The van der Waals surface area contributed by atoms with Crippen molar-refractivity contribution >= 4 is 5.97 Å². The number of unbranched alkanes of at least 4 members (excludes halogenated alkanes) is 1. The molecule has 1 aliphatic rings. The molecule has 81 valence electrons. The zero-order chi connectivity index (χ0) is 10.9. The molecule has 3 nitrogen and oxygen atoms in total. The summed E-state index contributed by atoms with van der Waals surface area (Å²) >= 11 is 0. The van der Waals surface area contributed by atoms with Gasteiger partial charge in [0.15, 0.2) is 0 Å². The van der Waals surface area contributed by atoms with Crippen LogP contribution in [-0.4, -0.2) is 12.1 Å². The van der Waals surface area contributed by atoms with Crippen LogP contribution < -0.4 is 0 Å². The Morgan fingerprint density at radius 3 is 3.13 bits per heavy atom. The molecule has 0 aliphatic carbocycles. The van der Waals surface area contributed by atoms with E-state index in [2.05, 4.69) is 12.0 Å². The van der Waals surface area contributed by atoms with Gasteiger partial charge in [0.05, 0.1) is 12.7 Å². The molecule has 3 heteroatoms. The van der Waals surface area contributed by atoms with Crippen molar-refractivity contribution in [3.05, 3.63) is 19.4 Å². The van der Waals surface area contributed by atoms with Crippen LogP contribution in [0.2, 0.25) is 0 Å². The molecule has 0 spiro atoms. The van der Waals surface area contributed by atoms with Gasteiger partial charge in [-0.3, -0.25) is 4.79 Å². The zero-order valence-electron chi connectivity index (χ0n) is 8.86. The molecule has 1 rings (SSSR count). The number of carbonyl (C=O) groups is 1. The number of esters is 1. The summed E-state index contributed by atoms with van der Waals surface area (Å²) in [6, 6.07) is 0. The van der Waals surface area contributed by atoms with Crippen LogP contribution in [-0.2, 0) is 14.3 Å². The molecule has 0 aromatic heterocycles. The molecule has 0 saturated carbocycles. The Morgan fingerprint density at radius 1 is 1.60 bits per heavy atom. The highest BCUT2D eigenvalue weighted by molar-refractivity contribution is 5.70. The van der Waals surface area contributed by atoms with Gasteiger partial charge in [-0.15, -0.1) is 0 Å². The third-order valence-electron chi connectivity index (χ3n) is 1.93. The SMILES string of the molecule is CCCCC(=O)OC#CC[C@H]1[CH][CH][CH]O1. The topological polar surface area (TPSA) is 35.5 Å². The molecule has 0 unspecified atom stereocenters. The van der Waals surface area contributed by atoms with Crippen molar-refractivity contribution in [1.29, 1.82) is 0 Å². The van der Waals surface area contributed by atoms with Crippen LogP contribution in [0.3, 0.4) is 0 Å². The highest BCUT2D eigenvalue weighted by Crippen LogP contribution is 2.15. The Kier molecular flexibility index (Phi) is 5.87. The lowest BCUT2D eigenvalue weighted by Gasteiger charge is -2.00. The maximum absolute atomic E-state index is 11.0. The molecule has 0 amide bonds. The van der Waals surface area contributed by atoms with Crippen LogP contribution in [0, 0.1) is 31.5 Å². The molecule has 0 aromatic rings. The van der Waals surface area contributed by atoms with E-state index in [0.717, 1.165) is 12.8 Å². The van der Waals surface area contributed by atoms with Crippen molar-refractivity contribution in [2.75, 3.05) is 0 Å². The number of carbonyl (C=O) groups excluding carboxylic acids is 1. The third kappa shape index (κ3) is 5.44. The minimum absolute atomic E-state index is 0.00634. The Labute approximate surface area is 91.1 Å². The summed E-state index contributed by atoms with van der Waals surface area (Å²) in [4.78, 5) is 11.0. The molecule has 1 heterocycles. The van der Waals surface area contributed by atoms with Gasteiger partial charge in [-0.05, 0) is 19.3 Å². The second-order valence-corrected chi connectivity index (χ2v) is 3.26. The van der Waals surface area contributed by atoms with Gasteiger partial charge in [-0.1, -0.05) is 19.3 Å². The van der Waals surface area contributed by atoms with E-state index in [1.54, 1.807) is 6.61 Å². The van der Waals surface area contributed by atoms with E-state index < -0.39 is 0 Å². The lowest BCUT2D eigenvalue weighted by Crippen LogP contribution is -2.03. The first-order valence-corrected chi connectivity index (χ1v) is 5.16. The molecular weight excluding hydrogens is 192 g/mol. The van der Waals surface area contributed by atoms with Gasteiger partial charge in [0.1, 0.15) is 6.11 Å². The van der Waals surface area contributed by atoms with Crippen LogP contribution in [0.1, 0.15) is 32.6 Å². The minimum Gasteiger partial charge on any atom is -0.372 e. The highest BCUT2D eigenvalue weighted by atomic mass is 16.5. The summed E-state index contributed by atoms with van der Waals surface area (Å²) in [6.07, 6.45) is 8.97. The van der Waals surface area contributed by atoms with Gasteiger partial charge in [-0.2, -0.15) is 0 Å². The molecule has 3 radical (unpaired) electrons. The maximum Gasteiger partial charge on any atom is 0.319 e. The van der Waals surface area contributed by atoms with Crippen molar-refractivity contribution in [3.8, 4) is 12.0 Å². The molecule has 1 saturated heterocycles. The third-order valence-corrected chi connectivity index (χ3v) is 1.93. The predicted octanol–water partition coefficient (Wildman–Crippen LogP) is 2.04.